The highest BCUT2D eigenvalue weighted by atomic mass is 16.5. The van der Waals surface area contributed by atoms with Crippen molar-refractivity contribution in [2.45, 2.75) is 52.2 Å². The molecule has 6 nitrogen and oxygen atoms in total. The molecule has 0 radical (unpaired) electrons. The molecule has 0 fully saturated rings. The van der Waals surface area contributed by atoms with Crippen LogP contribution in [-0.2, 0) is 11.2 Å². The fourth-order valence-electron chi connectivity index (χ4n) is 3.82. The molecule has 0 saturated heterocycles. The molecule has 2 atom stereocenters. The molecule has 150 valence electrons. The number of nitrogens with zero attached hydrogens (tertiary/aromatic N) is 2. The van der Waals surface area contributed by atoms with Crippen LogP contribution in [-0.4, -0.2) is 45.2 Å². The molecule has 2 heterocycles. The number of fused-ring (bicyclic) bond motifs is 1. The van der Waals surface area contributed by atoms with E-state index in [0.717, 1.165) is 22.3 Å². The second-order valence-electron chi connectivity index (χ2n) is 7.85. The predicted octanol–water partition coefficient (Wildman–Crippen LogP) is 2.99. The average molecular weight is 384 g/mol. The maximum absolute atomic E-state index is 13.2. The molecule has 1 aliphatic rings. The molecule has 2 N–H and O–H groups in total. The van der Waals surface area contributed by atoms with Crippen molar-refractivity contribution in [3.05, 3.63) is 52.3 Å². The van der Waals surface area contributed by atoms with E-state index in [0.29, 0.717) is 29.9 Å². The van der Waals surface area contributed by atoms with E-state index in [9.17, 15) is 15.0 Å². The van der Waals surface area contributed by atoms with Gasteiger partial charge in [-0.1, -0.05) is 6.07 Å². The Bertz CT molecular complexity index is 897. The van der Waals surface area contributed by atoms with E-state index in [4.69, 9.17) is 4.74 Å². The molecule has 3 rings (SSSR count). The van der Waals surface area contributed by atoms with E-state index in [1.54, 1.807) is 38.5 Å². The number of aromatic hydroxyl groups is 1. The molecule has 0 aliphatic carbocycles. The summed E-state index contributed by atoms with van der Waals surface area (Å²) in [4.78, 5) is 18.7. The number of aliphatic hydroxyl groups is 1. The molecule has 2 unspecified atom stereocenters. The van der Waals surface area contributed by atoms with Gasteiger partial charge in [0.05, 0.1) is 12.6 Å². The summed E-state index contributed by atoms with van der Waals surface area (Å²) in [5.74, 6) is 0.812. The third-order valence-corrected chi connectivity index (χ3v) is 5.83. The van der Waals surface area contributed by atoms with E-state index in [-0.39, 0.29) is 12.5 Å². The van der Waals surface area contributed by atoms with Crippen molar-refractivity contribution >= 4 is 5.91 Å². The number of ether oxygens (including phenoxy) is 1. The topological polar surface area (TPSA) is 82.9 Å². The van der Waals surface area contributed by atoms with Crippen LogP contribution in [0.25, 0.3) is 0 Å². The summed E-state index contributed by atoms with van der Waals surface area (Å²) in [6, 6.07) is 3.54. The lowest BCUT2D eigenvalue weighted by Gasteiger charge is -2.39. The minimum atomic E-state index is -1.02. The molecular weight excluding hydrogens is 356 g/mol. The molecule has 28 heavy (non-hydrogen) atoms. The highest BCUT2D eigenvalue weighted by molar-refractivity contribution is 5.85. The maximum Gasteiger partial charge on any atom is 0.266 e. The number of carbonyl (C=O) groups excluding carboxylic acids is 1. The highest BCUT2D eigenvalue weighted by Crippen LogP contribution is 2.43. The summed E-state index contributed by atoms with van der Waals surface area (Å²) in [5, 5.41) is 20.7. The normalized spacial score (nSPS) is 19.5. The van der Waals surface area contributed by atoms with Gasteiger partial charge >= 0.3 is 0 Å². The minimum absolute atomic E-state index is 0.156. The fraction of sp³-hybridized carbons (Fsp3) is 0.455. The van der Waals surface area contributed by atoms with Gasteiger partial charge in [-0.15, -0.1) is 0 Å². The molecule has 1 aliphatic heterocycles. The Morgan fingerprint density at radius 2 is 2.04 bits per heavy atom. The number of amides is 1. The second kappa shape index (κ2) is 7.43. The lowest BCUT2D eigenvalue weighted by Crippen LogP contribution is -2.52. The van der Waals surface area contributed by atoms with E-state index >= 15 is 0 Å². The summed E-state index contributed by atoms with van der Waals surface area (Å²) >= 11 is 0. The van der Waals surface area contributed by atoms with Crippen LogP contribution < -0.4 is 4.74 Å². The molecule has 2 aromatic rings. The number of phenolic OH excluding ortho intramolecular Hbond substituents is 1. The molecule has 1 aromatic carbocycles. The molecule has 1 amide bonds. The monoisotopic (exact) mass is 384 g/mol. The van der Waals surface area contributed by atoms with Gasteiger partial charge in [-0.3, -0.25) is 9.78 Å². The SMILES string of the molecule is Cc1c(C)c2c(c(C)c1O)CCC(C)(C(=O)N(C)CC(O)c1cccnc1)O2. The van der Waals surface area contributed by atoms with Crippen molar-refractivity contribution in [3.8, 4) is 11.5 Å². The summed E-state index contributed by atoms with van der Waals surface area (Å²) in [6.07, 6.45) is 3.58. The van der Waals surface area contributed by atoms with Crippen LogP contribution in [0, 0.1) is 20.8 Å². The number of rotatable bonds is 4. The van der Waals surface area contributed by atoms with E-state index in [2.05, 4.69) is 4.98 Å². The molecular formula is C22H28N2O4. The number of pyridine rings is 1. The van der Waals surface area contributed by atoms with Crippen LogP contribution in [0.1, 0.15) is 47.3 Å². The van der Waals surface area contributed by atoms with Gasteiger partial charge in [0.2, 0.25) is 0 Å². The highest BCUT2D eigenvalue weighted by Gasteiger charge is 2.42. The molecule has 1 aromatic heterocycles. The van der Waals surface area contributed by atoms with Crippen LogP contribution in [0.3, 0.4) is 0 Å². The Labute approximate surface area is 165 Å². The Morgan fingerprint density at radius 1 is 1.32 bits per heavy atom. The van der Waals surface area contributed by atoms with E-state index in [1.165, 1.54) is 4.90 Å². The van der Waals surface area contributed by atoms with E-state index in [1.807, 2.05) is 20.8 Å². The third kappa shape index (κ3) is 3.44. The van der Waals surface area contributed by atoms with Crippen molar-refractivity contribution < 1.29 is 19.7 Å². The van der Waals surface area contributed by atoms with Crippen LogP contribution in [0.4, 0.5) is 0 Å². The molecule has 0 spiro atoms. The van der Waals surface area contributed by atoms with E-state index < -0.39 is 11.7 Å². The molecule has 6 heteroatoms. The molecule has 0 saturated carbocycles. The first-order valence-corrected chi connectivity index (χ1v) is 9.50. The van der Waals surface area contributed by atoms with Gasteiger partial charge in [0.15, 0.2) is 5.60 Å². The fourth-order valence-corrected chi connectivity index (χ4v) is 3.82. The van der Waals surface area contributed by atoms with Crippen molar-refractivity contribution in [1.29, 1.82) is 0 Å². The second-order valence-corrected chi connectivity index (χ2v) is 7.85. The summed E-state index contributed by atoms with van der Waals surface area (Å²) < 4.78 is 6.24. The van der Waals surface area contributed by atoms with Crippen LogP contribution in [0.15, 0.2) is 24.5 Å². The number of aromatic nitrogens is 1. The Morgan fingerprint density at radius 3 is 2.68 bits per heavy atom. The van der Waals surface area contributed by atoms with Gasteiger partial charge in [0, 0.05) is 37.0 Å². The van der Waals surface area contributed by atoms with Gasteiger partial charge < -0.3 is 19.8 Å². The first kappa shape index (κ1) is 20.1. The minimum Gasteiger partial charge on any atom is -0.507 e. The largest absolute Gasteiger partial charge is 0.507 e. The number of carbonyl (C=O) groups is 1. The maximum atomic E-state index is 13.2. The number of aliphatic hydroxyl groups excluding tert-OH is 1. The third-order valence-electron chi connectivity index (χ3n) is 5.83. The zero-order valence-electron chi connectivity index (χ0n) is 17.1. The first-order chi connectivity index (χ1) is 13.2. The number of benzene rings is 1. The standard InChI is InChI=1S/C22H28N2O4/c1-13-14(2)20-17(15(3)19(13)26)8-9-22(4,28-20)21(27)24(5)12-18(25)16-7-6-10-23-11-16/h6-7,10-11,18,25-26H,8-9,12H2,1-5H3. The lowest BCUT2D eigenvalue weighted by atomic mass is 9.86. The van der Waals surface area contributed by atoms with Gasteiger partial charge in [-0.25, -0.2) is 0 Å². The van der Waals surface area contributed by atoms with Crippen LogP contribution >= 0.6 is 0 Å². The number of hydrogen-bond acceptors (Lipinski definition) is 5. The number of likely N-dealkylation sites (N-methyl/N-ethyl adjacent to an activating group) is 1. The smallest absolute Gasteiger partial charge is 0.266 e. The summed E-state index contributed by atoms with van der Waals surface area (Å²) in [5.41, 5.74) is 3.05. The van der Waals surface area contributed by atoms with Gasteiger partial charge in [-0.05, 0) is 56.9 Å². The zero-order valence-corrected chi connectivity index (χ0v) is 17.1. The van der Waals surface area contributed by atoms with Crippen LogP contribution in [0.2, 0.25) is 0 Å². The Kier molecular flexibility index (Phi) is 5.35. The number of hydrogen-bond donors (Lipinski definition) is 2. The first-order valence-electron chi connectivity index (χ1n) is 9.50. The lowest BCUT2D eigenvalue weighted by molar-refractivity contribution is -0.148. The van der Waals surface area contributed by atoms with Gasteiger partial charge in [0.1, 0.15) is 11.5 Å². The number of phenols is 1. The van der Waals surface area contributed by atoms with Crippen molar-refractivity contribution in [2.24, 2.45) is 0 Å². The van der Waals surface area contributed by atoms with Crippen LogP contribution in [0.5, 0.6) is 11.5 Å². The summed E-state index contributed by atoms with van der Waals surface area (Å²) in [7, 11) is 1.67. The van der Waals surface area contributed by atoms with Crippen molar-refractivity contribution in [1.82, 2.24) is 9.88 Å². The molecule has 0 bridgehead atoms. The summed E-state index contributed by atoms with van der Waals surface area (Å²) in [6.45, 7) is 7.58. The zero-order chi connectivity index (χ0) is 20.6. The Hall–Kier alpha value is -2.60. The Balaban J connectivity index is 1.81. The van der Waals surface area contributed by atoms with Gasteiger partial charge in [0.25, 0.3) is 5.91 Å². The van der Waals surface area contributed by atoms with Crippen molar-refractivity contribution in [2.75, 3.05) is 13.6 Å². The predicted molar refractivity (Wildman–Crippen MR) is 107 cm³/mol. The quantitative estimate of drug-likeness (QED) is 0.847. The van der Waals surface area contributed by atoms with Gasteiger partial charge in [-0.2, -0.15) is 0 Å². The average Bonchev–Trinajstić information content (AvgIpc) is 2.70. The van der Waals surface area contributed by atoms with Crippen molar-refractivity contribution in [3.63, 3.8) is 0 Å².